The number of rotatable bonds is 5. The van der Waals surface area contributed by atoms with Gasteiger partial charge >= 0.3 is 0 Å². The summed E-state index contributed by atoms with van der Waals surface area (Å²) in [6.07, 6.45) is 1.63. The van der Waals surface area contributed by atoms with Gasteiger partial charge in [0.15, 0.2) is 0 Å². The van der Waals surface area contributed by atoms with Gasteiger partial charge in [-0.2, -0.15) is 0 Å². The van der Waals surface area contributed by atoms with Gasteiger partial charge in [-0.05, 0) is 53.8 Å². The summed E-state index contributed by atoms with van der Waals surface area (Å²) in [6, 6.07) is 11.2. The molecule has 0 saturated heterocycles. The molecule has 0 fully saturated rings. The molecule has 0 amide bonds. The summed E-state index contributed by atoms with van der Waals surface area (Å²) in [5, 5.41) is 20.2. The first-order chi connectivity index (χ1) is 10.4. The molecule has 22 heavy (non-hydrogen) atoms. The molecule has 0 aromatic heterocycles. The second kappa shape index (κ2) is 7.51. The molecule has 118 valence electrons. The summed E-state index contributed by atoms with van der Waals surface area (Å²) >= 11 is 7.07. The summed E-state index contributed by atoms with van der Waals surface area (Å²) in [6.45, 7) is 4.14. The van der Waals surface area contributed by atoms with Gasteiger partial charge in [-0.15, -0.1) is 0 Å². The number of benzene rings is 2. The second-order valence-corrected chi connectivity index (χ2v) is 8.79. The van der Waals surface area contributed by atoms with Crippen molar-refractivity contribution in [2.24, 2.45) is 0 Å². The number of hydrogen-bond acceptors (Lipinski definition) is 2. The maximum absolute atomic E-state index is 10.2. The van der Waals surface area contributed by atoms with Gasteiger partial charge in [-0.25, -0.2) is 0 Å². The van der Waals surface area contributed by atoms with Gasteiger partial charge in [0, 0.05) is 15.2 Å². The largest absolute Gasteiger partial charge is 0.508 e. The van der Waals surface area contributed by atoms with Gasteiger partial charge in [-0.1, -0.05) is 57.8 Å². The van der Waals surface area contributed by atoms with Crippen molar-refractivity contribution >= 4 is 31.9 Å². The standard InChI is InChI=1S/C18H20Br2O2/c1-11(19)7-13-3-5-18(22)16(9-13)14-4-6-17(21)15(10-14)8-12(2)20/h3-6,9-12,21-22H,7-8H2,1-2H3. The first-order valence-corrected chi connectivity index (χ1v) is 9.12. The van der Waals surface area contributed by atoms with E-state index in [1.807, 2.05) is 31.2 Å². The van der Waals surface area contributed by atoms with E-state index in [0.29, 0.717) is 10.6 Å². The average molecular weight is 428 g/mol. The Labute approximate surface area is 148 Å². The van der Waals surface area contributed by atoms with Crippen LogP contribution in [-0.2, 0) is 12.8 Å². The van der Waals surface area contributed by atoms with Crippen LogP contribution in [0.5, 0.6) is 11.5 Å². The molecule has 0 aliphatic carbocycles. The fourth-order valence-electron chi connectivity index (χ4n) is 2.49. The van der Waals surface area contributed by atoms with Crippen molar-refractivity contribution in [1.82, 2.24) is 0 Å². The Morgan fingerprint density at radius 1 is 0.864 bits per heavy atom. The summed E-state index contributed by atoms with van der Waals surface area (Å²) < 4.78 is 0. The molecule has 2 unspecified atom stereocenters. The van der Waals surface area contributed by atoms with Crippen molar-refractivity contribution in [2.45, 2.75) is 36.3 Å². The Bertz CT molecular complexity index is 652. The minimum atomic E-state index is 0.259. The van der Waals surface area contributed by atoms with Crippen molar-refractivity contribution < 1.29 is 10.2 Å². The zero-order chi connectivity index (χ0) is 16.3. The molecule has 0 aliphatic rings. The lowest BCUT2D eigenvalue weighted by Crippen LogP contribution is -1.98. The maximum Gasteiger partial charge on any atom is 0.123 e. The molecular formula is C18H20Br2O2. The van der Waals surface area contributed by atoms with Crippen LogP contribution in [0.15, 0.2) is 36.4 Å². The van der Waals surface area contributed by atoms with Crippen LogP contribution in [0.1, 0.15) is 25.0 Å². The second-order valence-electron chi connectivity index (χ2n) is 5.66. The van der Waals surface area contributed by atoms with Gasteiger partial charge in [0.25, 0.3) is 0 Å². The smallest absolute Gasteiger partial charge is 0.123 e. The molecule has 0 saturated carbocycles. The van der Waals surface area contributed by atoms with Crippen LogP contribution < -0.4 is 0 Å². The van der Waals surface area contributed by atoms with E-state index in [4.69, 9.17) is 0 Å². The van der Waals surface area contributed by atoms with Gasteiger partial charge in [0.1, 0.15) is 11.5 Å². The van der Waals surface area contributed by atoms with E-state index < -0.39 is 0 Å². The molecule has 0 radical (unpaired) electrons. The average Bonchev–Trinajstić information content (AvgIpc) is 2.42. The molecule has 2 aromatic rings. The summed E-state index contributed by atoms with van der Waals surface area (Å²) in [5.41, 5.74) is 3.76. The van der Waals surface area contributed by atoms with Gasteiger partial charge < -0.3 is 10.2 Å². The first kappa shape index (κ1) is 17.4. The highest BCUT2D eigenvalue weighted by atomic mass is 79.9. The Hall–Kier alpha value is -1.00. The topological polar surface area (TPSA) is 40.5 Å². The fraction of sp³-hybridized carbons (Fsp3) is 0.333. The molecule has 4 heteroatoms. The SMILES string of the molecule is CC(Br)Cc1ccc(O)c(-c2ccc(O)c(CC(C)Br)c2)c1. The monoisotopic (exact) mass is 426 g/mol. The maximum atomic E-state index is 10.2. The lowest BCUT2D eigenvalue weighted by atomic mass is 9.97. The van der Waals surface area contributed by atoms with Crippen LogP contribution >= 0.6 is 31.9 Å². The Balaban J connectivity index is 2.42. The molecule has 2 atom stereocenters. The molecule has 0 aliphatic heterocycles. The quantitative estimate of drug-likeness (QED) is 0.625. The number of phenols is 2. The van der Waals surface area contributed by atoms with Crippen LogP contribution in [0.25, 0.3) is 11.1 Å². The van der Waals surface area contributed by atoms with Crippen LogP contribution in [0.3, 0.4) is 0 Å². The molecule has 0 bridgehead atoms. The van der Waals surface area contributed by atoms with E-state index in [0.717, 1.165) is 29.5 Å². The highest BCUT2D eigenvalue weighted by Gasteiger charge is 2.11. The molecule has 2 aromatic carbocycles. The van der Waals surface area contributed by atoms with Crippen molar-refractivity contribution in [3.8, 4) is 22.6 Å². The Kier molecular flexibility index (Phi) is 5.93. The zero-order valence-corrected chi connectivity index (χ0v) is 15.9. The van der Waals surface area contributed by atoms with Crippen molar-refractivity contribution in [3.63, 3.8) is 0 Å². The molecule has 2 N–H and O–H groups in total. The van der Waals surface area contributed by atoms with Gasteiger partial charge in [-0.3, -0.25) is 0 Å². The predicted molar refractivity (Wildman–Crippen MR) is 99.4 cm³/mol. The molecule has 0 heterocycles. The minimum Gasteiger partial charge on any atom is -0.508 e. The van der Waals surface area contributed by atoms with Crippen LogP contribution in [0.2, 0.25) is 0 Å². The predicted octanol–water partition coefficient (Wildman–Crippen LogP) is 5.42. The van der Waals surface area contributed by atoms with E-state index in [9.17, 15) is 10.2 Å². The van der Waals surface area contributed by atoms with Crippen LogP contribution in [-0.4, -0.2) is 19.9 Å². The van der Waals surface area contributed by atoms with Crippen molar-refractivity contribution in [1.29, 1.82) is 0 Å². The van der Waals surface area contributed by atoms with Crippen LogP contribution in [0, 0.1) is 0 Å². The zero-order valence-electron chi connectivity index (χ0n) is 12.7. The third-order valence-electron chi connectivity index (χ3n) is 3.47. The van der Waals surface area contributed by atoms with Crippen LogP contribution in [0.4, 0.5) is 0 Å². The van der Waals surface area contributed by atoms with Gasteiger partial charge in [0.2, 0.25) is 0 Å². The number of halogens is 2. The van der Waals surface area contributed by atoms with E-state index >= 15 is 0 Å². The van der Waals surface area contributed by atoms with E-state index in [-0.39, 0.29) is 10.6 Å². The number of alkyl halides is 2. The summed E-state index contributed by atoms with van der Waals surface area (Å²) in [7, 11) is 0. The fourth-order valence-corrected chi connectivity index (χ4v) is 3.21. The third-order valence-corrected chi connectivity index (χ3v) is 4.12. The molecule has 2 rings (SSSR count). The normalized spacial score (nSPS) is 13.8. The first-order valence-electron chi connectivity index (χ1n) is 7.29. The third kappa shape index (κ3) is 4.50. The number of aromatic hydroxyl groups is 2. The molecule has 2 nitrogen and oxygen atoms in total. The number of phenolic OH excluding ortho intramolecular Hbond substituents is 2. The lowest BCUT2D eigenvalue weighted by Gasteiger charge is -2.12. The number of hydrogen-bond donors (Lipinski definition) is 2. The molecular weight excluding hydrogens is 408 g/mol. The van der Waals surface area contributed by atoms with E-state index in [2.05, 4.69) is 38.8 Å². The summed E-state index contributed by atoms with van der Waals surface area (Å²) in [5.74, 6) is 0.550. The molecule has 0 spiro atoms. The van der Waals surface area contributed by atoms with E-state index in [1.165, 1.54) is 5.56 Å². The Morgan fingerprint density at radius 3 is 2.14 bits per heavy atom. The highest BCUT2D eigenvalue weighted by Crippen LogP contribution is 2.34. The minimum absolute atomic E-state index is 0.259. The summed E-state index contributed by atoms with van der Waals surface area (Å²) in [4.78, 5) is 0.664. The van der Waals surface area contributed by atoms with E-state index in [1.54, 1.807) is 12.1 Å². The highest BCUT2D eigenvalue weighted by molar-refractivity contribution is 9.09. The van der Waals surface area contributed by atoms with Crippen molar-refractivity contribution in [3.05, 3.63) is 47.5 Å². The van der Waals surface area contributed by atoms with Crippen molar-refractivity contribution in [2.75, 3.05) is 0 Å². The Morgan fingerprint density at radius 2 is 1.50 bits per heavy atom. The van der Waals surface area contributed by atoms with Gasteiger partial charge in [0.05, 0.1) is 0 Å². The lowest BCUT2D eigenvalue weighted by molar-refractivity contribution is 0.467.